The molecule has 0 aromatic heterocycles. The third-order valence-electron chi connectivity index (χ3n) is 6.99. The van der Waals surface area contributed by atoms with Crippen LogP contribution in [-0.2, 0) is 0 Å². The molecule has 0 bridgehead atoms. The van der Waals surface area contributed by atoms with Gasteiger partial charge in [0.15, 0.2) is 0 Å². The zero-order valence-electron chi connectivity index (χ0n) is 21.6. The lowest BCUT2D eigenvalue weighted by molar-refractivity contribution is 0.0569. The summed E-state index contributed by atoms with van der Waals surface area (Å²) in [7, 11) is 4.21. The van der Waals surface area contributed by atoms with Crippen molar-refractivity contribution in [1.82, 2.24) is 15.1 Å². The number of hydrogen-bond acceptors (Lipinski definition) is 4. The zero-order valence-corrected chi connectivity index (χ0v) is 22.3. The molecule has 2 aromatic rings. The predicted octanol–water partition coefficient (Wildman–Crippen LogP) is 5.41. The van der Waals surface area contributed by atoms with Crippen molar-refractivity contribution in [1.29, 1.82) is 0 Å². The fourth-order valence-electron chi connectivity index (χ4n) is 4.51. The van der Waals surface area contributed by atoms with Crippen LogP contribution >= 0.6 is 11.6 Å². The number of nitrogens with one attached hydrogen (secondary N) is 1. The monoisotopic (exact) mass is 485 g/mol. The molecule has 1 heterocycles. The van der Waals surface area contributed by atoms with Crippen molar-refractivity contribution in [2.75, 3.05) is 46.9 Å². The van der Waals surface area contributed by atoms with Gasteiger partial charge >= 0.3 is 0 Å². The minimum absolute atomic E-state index is 0.0324. The van der Waals surface area contributed by atoms with Crippen molar-refractivity contribution in [3.63, 3.8) is 0 Å². The lowest BCUT2D eigenvalue weighted by atomic mass is 9.91. The standard InChI is InChI=1S/C28H40ClN3O2/c1-19-15-24(9-11-26(19)29)28(33)30-16-23-17-32(18-23)22(4)25-10-12-27(21(3)20(25)2)34-14-8-7-13-31(5)6/h9-12,15,22-23H,7-8,13-14,16-18H2,1-6H3,(H,30,33). The van der Waals surface area contributed by atoms with Crippen LogP contribution in [-0.4, -0.2) is 62.6 Å². The van der Waals surface area contributed by atoms with Crippen molar-refractivity contribution < 1.29 is 9.53 Å². The number of carbonyl (C=O) groups is 1. The highest BCUT2D eigenvalue weighted by molar-refractivity contribution is 6.31. The number of ether oxygens (including phenoxy) is 1. The maximum Gasteiger partial charge on any atom is 0.251 e. The molecule has 186 valence electrons. The summed E-state index contributed by atoms with van der Waals surface area (Å²) < 4.78 is 6.08. The van der Waals surface area contributed by atoms with Gasteiger partial charge in [-0.15, -0.1) is 0 Å². The molecule has 1 saturated heterocycles. The second kappa shape index (κ2) is 12.1. The Bertz CT molecular complexity index is 986. The van der Waals surface area contributed by atoms with Gasteiger partial charge in [0.05, 0.1) is 6.61 Å². The van der Waals surface area contributed by atoms with Crippen LogP contribution in [0.3, 0.4) is 0 Å². The van der Waals surface area contributed by atoms with Crippen LogP contribution in [0.5, 0.6) is 5.75 Å². The fraction of sp³-hybridized carbons (Fsp3) is 0.536. The highest BCUT2D eigenvalue weighted by Gasteiger charge is 2.32. The normalized spacial score (nSPS) is 15.3. The Hall–Kier alpha value is -2.08. The first-order chi connectivity index (χ1) is 16.2. The summed E-state index contributed by atoms with van der Waals surface area (Å²) in [6.07, 6.45) is 2.22. The Balaban J connectivity index is 1.46. The van der Waals surface area contributed by atoms with Crippen LogP contribution in [0.1, 0.15) is 58.4 Å². The van der Waals surface area contributed by atoms with E-state index in [1.165, 1.54) is 16.7 Å². The van der Waals surface area contributed by atoms with Gasteiger partial charge in [-0.1, -0.05) is 17.7 Å². The molecule has 5 nitrogen and oxygen atoms in total. The molecule has 1 N–H and O–H groups in total. The molecule has 34 heavy (non-hydrogen) atoms. The third kappa shape index (κ3) is 6.74. The Morgan fingerprint density at radius 2 is 1.88 bits per heavy atom. The number of halogens is 1. The number of carbonyl (C=O) groups excluding carboxylic acids is 1. The summed E-state index contributed by atoms with van der Waals surface area (Å²) in [5, 5.41) is 3.77. The Labute approximate surface area is 210 Å². The highest BCUT2D eigenvalue weighted by Crippen LogP contribution is 2.34. The van der Waals surface area contributed by atoms with Gasteiger partial charge < -0.3 is 15.0 Å². The van der Waals surface area contributed by atoms with Gasteiger partial charge in [0, 0.05) is 42.2 Å². The van der Waals surface area contributed by atoms with Crippen molar-refractivity contribution in [3.05, 3.63) is 63.2 Å². The van der Waals surface area contributed by atoms with E-state index >= 15 is 0 Å². The molecule has 0 spiro atoms. The molecule has 1 atom stereocenters. The number of aryl methyl sites for hydroxylation is 1. The van der Waals surface area contributed by atoms with E-state index in [0.717, 1.165) is 50.4 Å². The number of nitrogens with zero attached hydrogens (tertiary/aromatic N) is 2. The van der Waals surface area contributed by atoms with Gasteiger partial charge in [0.2, 0.25) is 0 Å². The average molecular weight is 486 g/mol. The van der Waals surface area contributed by atoms with E-state index in [-0.39, 0.29) is 5.91 Å². The van der Waals surface area contributed by atoms with Crippen LogP contribution in [0.2, 0.25) is 5.02 Å². The van der Waals surface area contributed by atoms with Crippen molar-refractivity contribution in [3.8, 4) is 5.75 Å². The van der Waals surface area contributed by atoms with Crippen LogP contribution in [0.15, 0.2) is 30.3 Å². The molecule has 1 fully saturated rings. The second-order valence-corrected chi connectivity index (χ2v) is 10.3. The van der Waals surface area contributed by atoms with Gasteiger partial charge in [-0.25, -0.2) is 0 Å². The minimum Gasteiger partial charge on any atom is -0.493 e. The average Bonchev–Trinajstić information content (AvgIpc) is 2.76. The molecule has 0 aliphatic carbocycles. The van der Waals surface area contributed by atoms with Crippen molar-refractivity contribution in [2.24, 2.45) is 5.92 Å². The molecule has 6 heteroatoms. The summed E-state index contributed by atoms with van der Waals surface area (Å²) in [5.74, 6) is 1.45. The molecule has 1 unspecified atom stereocenters. The van der Waals surface area contributed by atoms with Crippen LogP contribution in [0.4, 0.5) is 0 Å². The highest BCUT2D eigenvalue weighted by atomic mass is 35.5. The summed E-state index contributed by atoms with van der Waals surface area (Å²) in [5.41, 5.74) is 5.49. The smallest absolute Gasteiger partial charge is 0.251 e. The van der Waals surface area contributed by atoms with Crippen molar-refractivity contribution in [2.45, 2.75) is 46.6 Å². The second-order valence-electron chi connectivity index (χ2n) is 9.93. The first-order valence-corrected chi connectivity index (χ1v) is 12.7. The minimum atomic E-state index is -0.0324. The van der Waals surface area contributed by atoms with E-state index in [9.17, 15) is 4.79 Å². The predicted molar refractivity (Wildman–Crippen MR) is 141 cm³/mol. The van der Waals surface area contributed by atoms with E-state index in [1.54, 1.807) is 12.1 Å². The number of benzene rings is 2. The fourth-order valence-corrected chi connectivity index (χ4v) is 4.63. The van der Waals surface area contributed by atoms with E-state index in [1.807, 2.05) is 13.0 Å². The van der Waals surface area contributed by atoms with E-state index < -0.39 is 0 Å². The van der Waals surface area contributed by atoms with Crippen molar-refractivity contribution >= 4 is 17.5 Å². The van der Waals surface area contributed by atoms with E-state index in [2.05, 4.69) is 62.1 Å². The number of rotatable bonds is 11. The van der Waals surface area contributed by atoms with Crippen LogP contribution < -0.4 is 10.1 Å². The number of amides is 1. The van der Waals surface area contributed by atoms with Gasteiger partial charge in [-0.3, -0.25) is 9.69 Å². The lowest BCUT2D eigenvalue weighted by Crippen LogP contribution is -2.52. The Kier molecular flexibility index (Phi) is 9.40. The molecule has 0 radical (unpaired) electrons. The van der Waals surface area contributed by atoms with Gasteiger partial charge in [0.1, 0.15) is 5.75 Å². The summed E-state index contributed by atoms with van der Waals surface area (Å²) in [6.45, 7) is 13.1. The largest absolute Gasteiger partial charge is 0.493 e. The Morgan fingerprint density at radius 1 is 1.15 bits per heavy atom. The first kappa shape index (κ1) is 26.5. The number of hydrogen-bond donors (Lipinski definition) is 1. The number of likely N-dealkylation sites (tertiary alicyclic amines) is 1. The SMILES string of the molecule is Cc1cc(C(=O)NCC2CN(C(C)c3ccc(OCCCCN(C)C)c(C)c3C)C2)ccc1Cl. The molecular weight excluding hydrogens is 446 g/mol. The lowest BCUT2D eigenvalue weighted by Gasteiger charge is -2.44. The van der Waals surface area contributed by atoms with Gasteiger partial charge in [-0.2, -0.15) is 0 Å². The Morgan fingerprint density at radius 3 is 2.56 bits per heavy atom. The molecule has 1 amide bonds. The molecule has 2 aromatic carbocycles. The molecule has 1 aliphatic rings. The molecule has 1 aliphatic heterocycles. The van der Waals surface area contributed by atoms with Gasteiger partial charge in [0.25, 0.3) is 5.91 Å². The first-order valence-electron chi connectivity index (χ1n) is 12.3. The van der Waals surface area contributed by atoms with Gasteiger partial charge in [-0.05, 0) is 108 Å². The van der Waals surface area contributed by atoms with Crippen LogP contribution in [0, 0.1) is 26.7 Å². The third-order valence-corrected chi connectivity index (χ3v) is 7.42. The summed E-state index contributed by atoms with van der Waals surface area (Å²) >= 11 is 6.07. The quantitative estimate of drug-likeness (QED) is 0.432. The molecule has 3 rings (SSSR count). The topological polar surface area (TPSA) is 44.8 Å². The maximum absolute atomic E-state index is 12.5. The number of unbranched alkanes of at least 4 members (excludes halogenated alkanes) is 1. The summed E-state index contributed by atoms with van der Waals surface area (Å²) in [4.78, 5) is 17.2. The molecule has 0 saturated carbocycles. The summed E-state index contributed by atoms with van der Waals surface area (Å²) in [6, 6.07) is 10.1. The van der Waals surface area contributed by atoms with Crippen LogP contribution in [0.25, 0.3) is 0 Å². The molecular formula is C28H40ClN3O2. The van der Waals surface area contributed by atoms with E-state index in [0.29, 0.717) is 29.1 Å². The maximum atomic E-state index is 12.5. The van der Waals surface area contributed by atoms with E-state index in [4.69, 9.17) is 16.3 Å². The zero-order chi connectivity index (χ0) is 24.8.